The molecule has 2 nitrogen and oxygen atoms in total. The van der Waals surface area contributed by atoms with E-state index in [1.54, 1.807) is 0 Å². The maximum absolute atomic E-state index is 2.66. The normalized spacial score (nSPS) is 12.3. The van der Waals surface area contributed by atoms with E-state index >= 15 is 0 Å². The molecule has 184 valence electrons. The summed E-state index contributed by atoms with van der Waals surface area (Å²) in [6.45, 7) is 23.9. The van der Waals surface area contributed by atoms with Gasteiger partial charge in [0.15, 0.2) is 0 Å². The van der Waals surface area contributed by atoms with Crippen LogP contribution in [-0.2, 0) is 0 Å². The van der Waals surface area contributed by atoms with Gasteiger partial charge in [-0.3, -0.25) is 0 Å². The minimum Gasteiger partial charge on any atom is -0.303 e. The molecule has 0 saturated heterocycles. The fourth-order valence-electron chi connectivity index (χ4n) is 4.29. The fraction of sp³-hybridized carbons (Fsp3) is 1.00. The standard InChI is InChI=1S/2C14H31N/c1-5-9-10-14(8-4)13-15(11-6-2)12-7-3;1-4-7-8-9-10-11-14-15(12-5-2)13-6-3/h14H,5-13H2,1-4H3;4-14H2,1-3H3. The highest BCUT2D eigenvalue weighted by atomic mass is 15.1. The first-order valence-electron chi connectivity index (χ1n) is 14.1. The van der Waals surface area contributed by atoms with Crippen molar-refractivity contribution in [3.05, 3.63) is 0 Å². The van der Waals surface area contributed by atoms with Crippen LogP contribution in [0.2, 0.25) is 0 Å². The quantitative estimate of drug-likeness (QED) is 0.169. The molecule has 0 fully saturated rings. The molecule has 0 aromatic rings. The van der Waals surface area contributed by atoms with E-state index in [4.69, 9.17) is 0 Å². The molecular weight excluding hydrogens is 364 g/mol. The Labute approximate surface area is 193 Å². The van der Waals surface area contributed by atoms with E-state index in [9.17, 15) is 0 Å². The van der Waals surface area contributed by atoms with E-state index in [1.807, 2.05) is 0 Å². The fourth-order valence-corrected chi connectivity index (χ4v) is 4.29. The Balaban J connectivity index is 0. The van der Waals surface area contributed by atoms with E-state index in [-0.39, 0.29) is 0 Å². The van der Waals surface area contributed by atoms with Crippen molar-refractivity contribution >= 4 is 0 Å². The molecule has 0 radical (unpaired) electrons. The maximum Gasteiger partial charge on any atom is 0.000955 e. The van der Waals surface area contributed by atoms with Crippen molar-refractivity contribution in [3.8, 4) is 0 Å². The van der Waals surface area contributed by atoms with E-state index in [0.29, 0.717) is 0 Å². The summed E-state index contributed by atoms with van der Waals surface area (Å²) in [6.07, 6.45) is 19.2. The average molecular weight is 427 g/mol. The third kappa shape index (κ3) is 22.6. The zero-order valence-electron chi connectivity index (χ0n) is 22.6. The lowest BCUT2D eigenvalue weighted by Gasteiger charge is -2.26. The molecule has 0 heterocycles. The highest BCUT2D eigenvalue weighted by Gasteiger charge is 2.10. The van der Waals surface area contributed by atoms with Crippen LogP contribution in [0, 0.1) is 5.92 Å². The lowest BCUT2D eigenvalue weighted by Crippen LogP contribution is -2.31. The molecule has 0 aliphatic carbocycles. The molecule has 0 spiro atoms. The molecule has 30 heavy (non-hydrogen) atoms. The van der Waals surface area contributed by atoms with Crippen molar-refractivity contribution in [2.24, 2.45) is 5.92 Å². The Bertz CT molecular complexity index is 280. The van der Waals surface area contributed by atoms with Crippen molar-refractivity contribution < 1.29 is 0 Å². The van der Waals surface area contributed by atoms with E-state index in [1.165, 1.54) is 129 Å². The smallest absolute Gasteiger partial charge is 0.000955 e. The van der Waals surface area contributed by atoms with Gasteiger partial charge in [0.25, 0.3) is 0 Å². The molecule has 0 rings (SSSR count). The number of unbranched alkanes of at least 4 members (excludes halogenated alkanes) is 6. The molecule has 1 unspecified atom stereocenters. The second-order valence-corrected chi connectivity index (χ2v) is 9.33. The summed E-state index contributed by atoms with van der Waals surface area (Å²) in [5.41, 5.74) is 0. The predicted octanol–water partition coefficient (Wildman–Crippen LogP) is 8.79. The summed E-state index contributed by atoms with van der Waals surface area (Å²) in [5, 5.41) is 0. The molecule has 2 heteroatoms. The van der Waals surface area contributed by atoms with Gasteiger partial charge in [0.2, 0.25) is 0 Å². The molecule has 1 atom stereocenters. The zero-order valence-corrected chi connectivity index (χ0v) is 22.6. The van der Waals surface area contributed by atoms with Gasteiger partial charge in [0.05, 0.1) is 0 Å². The number of rotatable bonds is 21. The third-order valence-corrected chi connectivity index (χ3v) is 6.05. The molecule has 0 N–H and O–H groups in total. The van der Waals surface area contributed by atoms with Crippen molar-refractivity contribution in [3.63, 3.8) is 0 Å². The summed E-state index contributed by atoms with van der Waals surface area (Å²) in [4.78, 5) is 5.28. The molecular formula is C28H62N2. The summed E-state index contributed by atoms with van der Waals surface area (Å²) < 4.78 is 0. The van der Waals surface area contributed by atoms with Gasteiger partial charge in [-0.05, 0) is 77.2 Å². The summed E-state index contributed by atoms with van der Waals surface area (Å²) in [7, 11) is 0. The number of hydrogen-bond acceptors (Lipinski definition) is 2. The van der Waals surface area contributed by atoms with Crippen LogP contribution in [0.15, 0.2) is 0 Å². The van der Waals surface area contributed by atoms with Crippen LogP contribution in [-0.4, -0.2) is 49.1 Å². The first kappa shape index (κ1) is 32.1. The molecule has 0 aromatic heterocycles. The van der Waals surface area contributed by atoms with Gasteiger partial charge < -0.3 is 9.80 Å². The van der Waals surface area contributed by atoms with Crippen molar-refractivity contribution in [2.45, 2.75) is 138 Å². The molecule has 0 aliphatic heterocycles. The van der Waals surface area contributed by atoms with Gasteiger partial charge in [0, 0.05) is 6.54 Å². The molecule has 0 aromatic carbocycles. The van der Waals surface area contributed by atoms with Gasteiger partial charge >= 0.3 is 0 Å². The van der Waals surface area contributed by atoms with Crippen LogP contribution in [0.25, 0.3) is 0 Å². The van der Waals surface area contributed by atoms with Crippen molar-refractivity contribution in [2.75, 3.05) is 39.3 Å². The molecule has 0 aliphatic rings. The summed E-state index contributed by atoms with van der Waals surface area (Å²) in [6, 6.07) is 0. The van der Waals surface area contributed by atoms with Crippen LogP contribution in [0.3, 0.4) is 0 Å². The van der Waals surface area contributed by atoms with Crippen LogP contribution in [0.4, 0.5) is 0 Å². The highest BCUT2D eigenvalue weighted by Crippen LogP contribution is 2.14. The maximum atomic E-state index is 2.66. The van der Waals surface area contributed by atoms with Crippen LogP contribution < -0.4 is 0 Å². The monoisotopic (exact) mass is 426 g/mol. The second kappa shape index (κ2) is 27.0. The van der Waals surface area contributed by atoms with E-state index in [0.717, 1.165) is 5.92 Å². The van der Waals surface area contributed by atoms with Crippen LogP contribution in [0.1, 0.15) is 138 Å². The lowest BCUT2D eigenvalue weighted by molar-refractivity contribution is 0.219. The van der Waals surface area contributed by atoms with Crippen LogP contribution >= 0.6 is 0 Å². The summed E-state index contributed by atoms with van der Waals surface area (Å²) >= 11 is 0. The Kier molecular flexibility index (Phi) is 28.8. The third-order valence-electron chi connectivity index (χ3n) is 6.05. The Morgan fingerprint density at radius 2 is 0.900 bits per heavy atom. The van der Waals surface area contributed by atoms with Gasteiger partial charge in [-0.2, -0.15) is 0 Å². The second-order valence-electron chi connectivity index (χ2n) is 9.33. The van der Waals surface area contributed by atoms with Gasteiger partial charge in [0.1, 0.15) is 0 Å². The first-order chi connectivity index (χ1) is 14.6. The van der Waals surface area contributed by atoms with Crippen molar-refractivity contribution in [1.82, 2.24) is 9.80 Å². The van der Waals surface area contributed by atoms with Gasteiger partial charge in [-0.1, -0.05) is 99.8 Å². The SMILES string of the molecule is CCCCC(CC)CN(CCC)CCC.CCCCCCCCN(CCC)CCC. The zero-order chi connectivity index (χ0) is 22.9. The Hall–Kier alpha value is -0.0800. The molecule has 0 saturated carbocycles. The van der Waals surface area contributed by atoms with Gasteiger partial charge in [-0.25, -0.2) is 0 Å². The molecule has 0 bridgehead atoms. The lowest BCUT2D eigenvalue weighted by atomic mass is 9.98. The average Bonchev–Trinajstić information content (AvgIpc) is 2.74. The van der Waals surface area contributed by atoms with E-state index in [2.05, 4.69) is 58.3 Å². The van der Waals surface area contributed by atoms with Crippen LogP contribution in [0.5, 0.6) is 0 Å². The Morgan fingerprint density at radius 1 is 0.433 bits per heavy atom. The van der Waals surface area contributed by atoms with E-state index < -0.39 is 0 Å². The Morgan fingerprint density at radius 3 is 1.37 bits per heavy atom. The minimum absolute atomic E-state index is 0.933. The largest absolute Gasteiger partial charge is 0.303 e. The van der Waals surface area contributed by atoms with Crippen molar-refractivity contribution in [1.29, 1.82) is 0 Å². The molecule has 0 amide bonds. The highest BCUT2D eigenvalue weighted by molar-refractivity contribution is 4.65. The minimum atomic E-state index is 0.933. The topological polar surface area (TPSA) is 6.48 Å². The predicted molar refractivity (Wildman–Crippen MR) is 141 cm³/mol. The summed E-state index contributed by atoms with van der Waals surface area (Å²) in [5.74, 6) is 0.933. The number of nitrogens with zero attached hydrogens (tertiary/aromatic N) is 2. The number of hydrogen-bond donors (Lipinski definition) is 0. The van der Waals surface area contributed by atoms with Gasteiger partial charge in [-0.15, -0.1) is 0 Å². The first-order valence-corrected chi connectivity index (χ1v) is 14.1.